The molecule has 110 valence electrons. The maximum Gasteiger partial charge on any atom is 0.495 e. The first-order chi connectivity index (χ1) is 8.99. The molecule has 20 heavy (non-hydrogen) atoms. The summed E-state index contributed by atoms with van der Waals surface area (Å²) in [6.45, 7) is 19.3. The molecule has 0 amide bonds. The number of benzene rings is 1. The van der Waals surface area contributed by atoms with Crippen LogP contribution in [0.25, 0.3) is 0 Å². The molecular formula is C17H27BO2. The van der Waals surface area contributed by atoms with Gasteiger partial charge < -0.3 is 9.31 Å². The third-order valence-electron chi connectivity index (χ3n) is 5.55. The highest BCUT2D eigenvalue weighted by molar-refractivity contribution is 6.63. The number of hydrogen-bond donors (Lipinski definition) is 0. The van der Waals surface area contributed by atoms with Crippen LogP contribution < -0.4 is 5.46 Å². The summed E-state index contributed by atoms with van der Waals surface area (Å²) in [5.74, 6) is 0. The minimum absolute atomic E-state index is 0.266. The summed E-state index contributed by atoms with van der Waals surface area (Å²) >= 11 is 0. The summed E-state index contributed by atoms with van der Waals surface area (Å²) in [5.41, 5.74) is 7.29. The molecule has 0 aliphatic carbocycles. The van der Waals surface area contributed by atoms with Crippen molar-refractivity contribution in [2.24, 2.45) is 0 Å². The topological polar surface area (TPSA) is 18.5 Å². The van der Waals surface area contributed by atoms with Gasteiger partial charge in [-0.3, -0.25) is 0 Å². The molecule has 1 fully saturated rings. The molecule has 1 aliphatic rings. The summed E-state index contributed by atoms with van der Waals surface area (Å²) in [6.07, 6.45) is 0. The van der Waals surface area contributed by atoms with Crippen LogP contribution in [0.4, 0.5) is 0 Å². The monoisotopic (exact) mass is 274 g/mol. The van der Waals surface area contributed by atoms with Gasteiger partial charge in [0.1, 0.15) is 0 Å². The van der Waals surface area contributed by atoms with E-state index >= 15 is 0 Å². The Bertz CT molecular complexity index is 514. The normalized spacial score (nSPS) is 20.6. The highest BCUT2D eigenvalue weighted by Gasteiger charge is 2.52. The van der Waals surface area contributed by atoms with Gasteiger partial charge in [0.25, 0.3) is 0 Å². The Labute approximate surface area is 124 Å². The third kappa shape index (κ3) is 2.12. The fourth-order valence-corrected chi connectivity index (χ4v) is 2.84. The molecule has 0 saturated carbocycles. The van der Waals surface area contributed by atoms with Crippen LogP contribution in [0.15, 0.2) is 0 Å². The lowest BCUT2D eigenvalue weighted by molar-refractivity contribution is 0.00578. The highest BCUT2D eigenvalue weighted by Crippen LogP contribution is 2.37. The van der Waals surface area contributed by atoms with Crippen molar-refractivity contribution in [2.75, 3.05) is 0 Å². The molecule has 0 atom stereocenters. The molecule has 1 aliphatic heterocycles. The molecule has 1 aromatic rings. The average Bonchev–Trinajstić information content (AvgIpc) is 2.53. The zero-order chi connectivity index (χ0) is 15.5. The van der Waals surface area contributed by atoms with E-state index in [0.29, 0.717) is 0 Å². The van der Waals surface area contributed by atoms with Crippen molar-refractivity contribution in [3.63, 3.8) is 0 Å². The van der Waals surface area contributed by atoms with E-state index in [0.717, 1.165) is 0 Å². The Kier molecular flexibility index (Phi) is 3.59. The standard InChI is InChI=1S/C17H27BO2/c1-10-11(2)13(4)15(14(5)12(10)3)18-19-16(6,7)17(8,9)20-18/h1-9H3. The van der Waals surface area contributed by atoms with Crippen LogP contribution in [-0.4, -0.2) is 18.3 Å². The van der Waals surface area contributed by atoms with E-state index in [4.69, 9.17) is 9.31 Å². The van der Waals surface area contributed by atoms with Gasteiger partial charge in [-0.25, -0.2) is 0 Å². The fourth-order valence-electron chi connectivity index (χ4n) is 2.84. The van der Waals surface area contributed by atoms with Gasteiger partial charge in [-0.05, 0) is 95.6 Å². The first kappa shape index (κ1) is 15.6. The predicted octanol–water partition coefficient (Wildman–Crippen LogP) is 3.53. The maximum atomic E-state index is 6.24. The van der Waals surface area contributed by atoms with Crippen molar-refractivity contribution < 1.29 is 9.31 Å². The molecule has 1 aromatic carbocycles. The smallest absolute Gasteiger partial charge is 0.399 e. The first-order valence-electron chi connectivity index (χ1n) is 7.42. The lowest BCUT2D eigenvalue weighted by atomic mass is 9.70. The minimum atomic E-state index is -0.288. The van der Waals surface area contributed by atoms with Crippen molar-refractivity contribution in [3.05, 3.63) is 27.8 Å². The second-order valence-electron chi connectivity index (χ2n) is 7.13. The van der Waals surface area contributed by atoms with E-state index in [9.17, 15) is 0 Å². The van der Waals surface area contributed by atoms with Gasteiger partial charge in [0, 0.05) is 0 Å². The first-order valence-corrected chi connectivity index (χ1v) is 7.42. The third-order valence-corrected chi connectivity index (χ3v) is 5.55. The Morgan fingerprint density at radius 3 is 1.25 bits per heavy atom. The molecule has 0 spiro atoms. The minimum Gasteiger partial charge on any atom is -0.399 e. The van der Waals surface area contributed by atoms with E-state index in [2.05, 4.69) is 62.3 Å². The van der Waals surface area contributed by atoms with Gasteiger partial charge >= 0.3 is 7.12 Å². The summed E-state index contributed by atoms with van der Waals surface area (Å²) in [4.78, 5) is 0. The molecule has 0 aromatic heterocycles. The van der Waals surface area contributed by atoms with Crippen molar-refractivity contribution >= 4 is 12.6 Å². The molecule has 0 N–H and O–H groups in total. The Hall–Kier alpha value is -0.795. The maximum absolute atomic E-state index is 6.24. The quantitative estimate of drug-likeness (QED) is 0.729. The van der Waals surface area contributed by atoms with Gasteiger partial charge in [0.2, 0.25) is 0 Å². The summed E-state index contributed by atoms with van der Waals surface area (Å²) in [6, 6.07) is 0. The van der Waals surface area contributed by atoms with Crippen molar-refractivity contribution in [3.8, 4) is 0 Å². The van der Waals surface area contributed by atoms with Crippen LogP contribution >= 0.6 is 0 Å². The lowest BCUT2D eigenvalue weighted by Gasteiger charge is -2.32. The van der Waals surface area contributed by atoms with Crippen LogP contribution in [0.1, 0.15) is 55.5 Å². The molecule has 3 heteroatoms. The van der Waals surface area contributed by atoms with Crippen molar-refractivity contribution in [1.29, 1.82) is 0 Å². The van der Waals surface area contributed by atoms with Crippen LogP contribution in [0, 0.1) is 34.6 Å². The van der Waals surface area contributed by atoms with Crippen molar-refractivity contribution in [2.45, 2.75) is 73.5 Å². The van der Waals surface area contributed by atoms with E-state index in [1.54, 1.807) is 0 Å². The van der Waals surface area contributed by atoms with Crippen LogP contribution in [0.3, 0.4) is 0 Å². The van der Waals surface area contributed by atoms with Gasteiger partial charge in [0.05, 0.1) is 11.2 Å². The van der Waals surface area contributed by atoms with Gasteiger partial charge in [-0.1, -0.05) is 0 Å². The second kappa shape index (κ2) is 4.61. The zero-order valence-electron chi connectivity index (χ0n) is 14.4. The zero-order valence-corrected chi connectivity index (χ0v) is 14.4. The van der Waals surface area contributed by atoms with Gasteiger partial charge in [-0.15, -0.1) is 0 Å². The summed E-state index contributed by atoms with van der Waals surface area (Å²) in [5, 5.41) is 0. The number of hydrogen-bond acceptors (Lipinski definition) is 2. The van der Waals surface area contributed by atoms with Crippen molar-refractivity contribution in [1.82, 2.24) is 0 Å². The van der Waals surface area contributed by atoms with E-state index < -0.39 is 0 Å². The SMILES string of the molecule is Cc1c(C)c(C)c(B2OC(C)(C)C(C)(C)O2)c(C)c1C. The summed E-state index contributed by atoms with van der Waals surface area (Å²) < 4.78 is 12.5. The Morgan fingerprint density at radius 1 is 0.600 bits per heavy atom. The molecule has 2 rings (SSSR count). The van der Waals surface area contributed by atoms with Gasteiger partial charge in [-0.2, -0.15) is 0 Å². The van der Waals surface area contributed by atoms with Crippen LogP contribution in [0.2, 0.25) is 0 Å². The van der Waals surface area contributed by atoms with Gasteiger partial charge in [0.15, 0.2) is 0 Å². The predicted molar refractivity (Wildman–Crippen MR) is 85.8 cm³/mol. The average molecular weight is 274 g/mol. The lowest BCUT2D eigenvalue weighted by Crippen LogP contribution is -2.41. The second-order valence-corrected chi connectivity index (χ2v) is 7.13. The van der Waals surface area contributed by atoms with Crippen LogP contribution in [0.5, 0.6) is 0 Å². The Morgan fingerprint density at radius 2 is 0.900 bits per heavy atom. The van der Waals surface area contributed by atoms with E-state index in [-0.39, 0.29) is 18.3 Å². The molecule has 1 saturated heterocycles. The van der Waals surface area contributed by atoms with E-state index in [1.807, 2.05) is 0 Å². The summed E-state index contributed by atoms with van der Waals surface area (Å²) in [7, 11) is -0.266. The molecule has 1 heterocycles. The molecule has 0 unspecified atom stereocenters. The fraction of sp³-hybridized carbons (Fsp3) is 0.647. The highest BCUT2D eigenvalue weighted by atomic mass is 16.7. The van der Waals surface area contributed by atoms with E-state index in [1.165, 1.54) is 33.3 Å². The molecular weight excluding hydrogens is 247 g/mol. The Balaban J connectivity index is 2.57. The molecule has 0 bridgehead atoms. The van der Waals surface area contributed by atoms with Crippen LogP contribution in [-0.2, 0) is 9.31 Å². The molecule has 0 radical (unpaired) electrons. The largest absolute Gasteiger partial charge is 0.495 e. The number of rotatable bonds is 1. The molecule has 2 nitrogen and oxygen atoms in total.